The van der Waals surface area contributed by atoms with Crippen LogP contribution in [0.3, 0.4) is 0 Å². The fourth-order valence-electron chi connectivity index (χ4n) is 3.42. The van der Waals surface area contributed by atoms with Crippen LogP contribution >= 0.6 is 0 Å². The van der Waals surface area contributed by atoms with Gasteiger partial charge in [-0.15, -0.1) is 0 Å². The number of hydrogen-bond acceptors (Lipinski definition) is 7. The summed E-state index contributed by atoms with van der Waals surface area (Å²) in [5.74, 6) is 0.568. The molecule has 3 rings (SSSR count). The summed E-state index contributed by atoms with van der Waals surface area (Å²) in [6.07, 6.45) is 0.00477. The second-order valence-corrected chi connectivity index (χ2v) is 7.73. The number of ether oxygens (including phenoxy) is 4. The number of amides is 3. The molecule has 0 aliphatic carbocycles. The van der Waals surface area contributed by atoms with Gasteiger partial charge in [-0.05, 0) is 24.3 Å². The molecule has 0 heterocycles. The molecule has 37 heavy (non-hydrogen) atoms. The maximum absolute atomic E-state index is 12.6. The van der Waals surface area contributed by atoms with Gasteiger partial charge < -0.3 is 34.9 Å². The first-order valence-corrected chi connectivity index (χ1v) is 11.3. The second-order valence-electron chi connectivity index (χ2n) is 7.73. The normalized spacial score (nSPS) is 10.2. The number of carbonyl (C=O) groups excluding carboxylic acids is 3. The summed E-state index contributed by atoms with van der Waals surface area (Å²) in [6.45, 7) is 0.0921. The zero-order valence-electron chi connectivity index (χ0n) is 21.0. The van der Waals surface area contributed by atoms with Crippen LogP contribution in [0.5, 0.6) is 23.0 Å². The van der Waals surface area contributed by atoms with E-state index < -0.39 is 0 Å². The van der Waals surface area contributed by atoms with Crippen molar-refractivity contribution in [2.75, 3.05) is 45.6 Å². The lowest BCUT2D eigenvalue weighted by molar-refractivity contribution is -0.116. The Hall–Kier alpha value is -4.73. The molecule has 0 unspecified atom stereocenters. The molecule has 0 aromatic heterocycles. The lowest BCUT2D eigenvalue weighted by Crippen LogP contribution is -2.27. The highest BCUT2D eigenvalue weighted by atomic mass is 16.5. The zero-order chi connectivity index (χ0) is 26.8. The van der Waals surface area contributed by atoms with Crippen LogP contribution < -0.4 is 34.9 Å². The van der Waals surface area contributed by atoms with Gasteiger partial charge >= 0.3 is 0 Å². The van der Waals surface area contributed by atoms with Crippen molar-refractivity contribution in [2.24, 2.45) is 0 Å². The quantitative estimate of drug-likeness (QED) is 0.361. The molecule has 0 atom stereocenters. The highest BCUT2D eigenvalue weighted by Gasteiger charge is 2.17. The number of benzene rings is 3. The van der Waals surface area contributed by atoms with Gasteiger partial charge in [-0.25, -0.2) is 0 Å². The number of methoxy groups -OCH3 is 4. The third kappa shape index (κ3) is 7.14. The van der Waals surface area contributed by atoms with Crippen molar-refractivity contribution < 1.29 is 33.3 Å². The Morgan fingerprint density at radius 3 is 1.76 bits per heavy atom. The molecule has 10 nitrogen and oxygen atoms in total. The monoisotopic (exact) mass is 507 g/mol. The van der Waals surface area contributed by atoms with Crippen LogP contribution in [0.4, 0.5) is 11.4 Å². The fraction of sp³-hybridized carbons (Fsp3) is 0.222. The molecule has 0 aliphatic heterocycles. The summed E-state index contributed by atoms with van der Waals surface area (Å²) >= 11 is 0. The van der Waals surface area contributed by atoms with Gasteiger partial charge in [0.25, 0.3) is 11.8 Å². The van der Waals surface area contributed by atoms with Crippen molar-refractivity contribution in [3.63, 3.8) is 0 Å². The number of carbonyl (C=O) groups is 3. The number of nitrogens with one attached hydrogen (secondary N) is 3. The van der Waals surface area contributed by atoms with Gasteiger partial charge in [-0.3, -0.25) is 14.4 Å². The van der Waals surface area contributed by atoms with Crippen molar-refractivity contribution in [1.29, 1.82) is 0 Å². The molecule has 0 saturated heterocycles. The maximum Gasteiger partial charge on any atom is 0.255 e. The minimum atomic E-state index is -0.372. The zero-order valence-corrected chi connectivity index (χ0v) is 21.0. The molecular weight excluding hydrogens is 478 g/mol. The summed E-state index contributed by atoms with van der Waals surface area (Å²) in [5.41, 5.74) is 1.56. The summed E-state index contributed by atoms with van der Waals surface area (Å²) in [4.78, 5) is 37.7. The van der Waals surface area contributed by atoms with Crippen molar-refractivity contribution in [1.82, 2.24) is 5.32 Å². The van der Waals surface area contributed by atoms with E-state index in [1.165, 1.54) is 28.4 Å². The van der Waals surface area contributed by atoms with Crippen molar-refractivity contribution in [2.45, 2.75) is 6.42 Å². The van der Waals surface area contributed by atoms with Crippen LogP contribution in [-0.2, 0) is 4.79 Å². The maximum atomic E-state index is 12.6. The van der Waals surface area contributed by atoms with E-state index in [1.807, 2.05) is 6.07 Å². The van der Waals surface area contributed by atoms with Crippen LogP contribution in [0.2, 0.25) is 0 Å². The molecule has 10 heteroatoms. The average Bonchev–Trinajstić information content (AvgIpc) is 2.93. The highest BCUT2D eigenvalue weighted by molar-refractivity contribution is 6.05. The first kappa shape index (κ1) is 26.9. The van der Waals surface area contributed by atoms with E-state index in [9.17, 15) is 14.4 Å². The topological polar surface area (TPSA) is 124 Å². The SMILES string of the molecule is COc1cc(OC)cc(C(=O)NCCC(=O)Nc2cc(OC)c(NC(=O)c3ccccc3)cc2OC)c1. The molecule has 3 aromatic rings. The summed E-state index contributed by atoms with van der Waals surface area (Å²) in [5, 5.41) is 8.24. The molecule has 0 spiro atoms. The predicted octanol–water partition coefficient (Wildman–Crippen LogP) is 3.73. The first-order valence-electron chi connectivity index (χ1n) is 11.3. The third-order valence-electron chi connectivity index (χ3n) is 5.33. The van der Waals surface area contributed by atoms with E-state index in [0.717, 1.165) is 0 Å². The Bertz CT molecular complexity index is 1240. The molecular formula is C27H29N3O7. The molecule has 194 valence electrons. The van der Waals surface area contributed by atoms with Crippen LogP contribution in [0.1, 0.15) is 27.1 Å². The fourth-order valence-corrected chi connectivity index (χ4v) is 3.42. The van der Waals surface area contributed by atoms with Crippen molar-refractivity contribution in [3.8, 4) is 23.0 Å². The molecule has 0 saturated carbocycles. The largest absolute Gasteiger partial charge is 0.497 e. The number of anilines is 2. The number of hydrogen-bond donors (Lipinski definition) is 3. The summed E-state index contributed by atoms with van der Waals surface area (Å²) in [7, 11) is 5.89. The Kier molecular flexibility index (Phi) is 9.31. The minimum Gasteiger partial charge on any atom is -0.497 e. The standard InChI is InChI=1S/C27H29N3O7/c1-34-19-12-18(13-20(14-19)35-2)26(32)28-11-10-25(31)29-21-15-24(37-4)22(16-23(21)36-3)30-27(33)17-8-6-5-7-9-17/h5-9,12-16H,10-11H2,1-4H3,(H,28,32)(H,29,31)(H,30,33). The van der Waals surface area contributed by atoms with Gasteiger partial charge in [0.15, 0.2) is 0 Å². The smallest absolute Gasteiger partial charge is 0.255 e. The second kappa shape index (κ2) is 12.8. The Labute approximate surface area is 214 Å². The predicted molar refractivity (Wildman–Crippen MR) is 139 cm³/mol. The van der Waals surface area contributed by atoms with Crippen LogP contribution in [0.25, 0.3) is 0 Å². The molecule has 0 radical (unpaired) electrons. The highest BCUT2D eigenvalue weighted by Crippen LogP contribution is 2.36. The van der Waals surface area contributed by atoms with E-state index in [-0.39, 0.29) is 30.7 Å². The van der Waals surface area contributed by atoms with Gasteiger partial charge in [-0.1, -0.05) is 18.2 Å². The molecule has 0 aliphatic rings. The van der Waals surface area contributed by atoms with E-state index in [0.29, 0.717) is 45.5 Å². The Morgan fingerprint density at radius 2 is 1.22 bits per heavy atom. The van der Waals surface area contributed by atoms with Crippen LogP contribution in [-0.4, -0.2) is 52.7 Å². The van der Waals surface area contributed by atoms with Gasteiger partial charge in [0.2, 0.25) is 5.91 Å². The Balaban J connectivity index is 1.63. The van der Waals surface area contributed by atoms with E-state index >= 15 is 0 Å². The van der Waals surface area contributed by atoms with E-state index in [2.05, 4.69) is 16.0 Å². The van der Waals surface area contributed by atoms with Crippen molar-refractivity contribution in [3.05, 3.63) is 71.8 Å². The lowest BCUT2D eigenvalue weighted by atomic mass is 10.2. The number of rotatable bonds is 11. The summed E-state index contributed by atoms with van der Waals surface area (Å²) < 4.78 is 21.2. The average molecular weight is 508 g/mol. The first-order chi connectivity index (χ1) is 17.9. The summed E-state index contributed by atoms with van der Waals surface area (Å²) in [6, 6.07) is 16.7. The third-order valence-corrected chi connectivity index (χ3v) is 5.33. The minimum absolute atomic E-state index is 0.00477. The van der Waals surface area contributed by atoms with E-state index in [1.54, 1.807) is 54.6 Å². The van der Waals surface area contributed by atoms with Gasteiger partial charge in [-0.2, -0.15) is 0 Å². The van der Waals surface area contributed by atoms with Gasteiger partial charge in [0, 0.05) is 42.3 Å². The molecule has 3 aromatic carbocycles. The lowest BCUT2D eigenvalue weighted by Gasteiger charge is -2.16. The van der Waals surface area contributed by atoms with Crippen LogP contribution in [0.15, 0.2) is 60.7 Å². The molecule has 3 N–H and O–H groups in total. The molecule has 0 fully saturated rings. The van der Waals surface area contributed by atoms with E-state index in [4.69, 9.17) is 18.9 Å². The molecule has 3 amide bonds. The van der Waals surface area contributed by atoms with Crippen LogP contribution in [0, 0.1) is 0 Å². The van der Waals surface area contributed by atoms with Gasteiger partial charge in [0.1, 0.15) is 23.0 Å². The molecule has 0 bridgehead atoms. The van der Waals surface area contributed by atoms with Crippen molar-refractivity contribution >= 4 is 29.1 Å². The Morgan fingerprint density at radius 1 is 0.649 bits per heavy atom. The van der Waals surface area contributed by atoms with Gasteiger partial charge in [0.05, 0.1) is 39.8 Å².